The summed E-state index contributed by atoms with van der Waals surface area (Å²) in [5.41, 5.74) is 2.94. The molecule has 2 aliphatic rings. The van der Waals surface area contributed by atoms with Crippen LogP contribution in [0.1, 0.15) is 30.1 Å². The summed E-state index contributed by atoms with van der Waals surface area (Å²) in [6.45, 7) is 0. The van der Waals surface area contributed by atoms with Crippen LogP contribution in [-0.2, 0) is 10.3 Å². The zero-order chi connectivity index (χ0) is 8.89. The van der Waals surface area contributed by atoms with Gasteiger partial charge in [0.2, 0.25) is 0 Å². The molecule has 1 saturated carbocycles. The Morgan fingerprint density at radius 3 is 2.85 bits per heavy atom. The Kier molecular flexibility index (Phi) is 1.59. The predicted molar refractivity (Wildman–Crippen MR) is 55.0 cm³/mol. The third kappa shape index (κ3) is 1.02. The summed E-state index contributed by atoms with van der Waals surface area (Å²) in [5.74, 6) is 0. The van der Waals surface area contributed by atoms with Crippen molar-refractivity contribution in [3.8, 4) is 0 Å². The van der Waals surface area contributed by atoms with Crippen molar-refractivity contribution in [1.82, 2.24) is 0 Å². The second-order valence-electron chi connectivity index (χ2n) is 3.84. The maximum Gasteiger partial charge on any atom is 0.0946 e. The molecule has 1 aromatic rings. The standard InChI is InChI=1S/C11H11BrO/c12-7-10-8-3-1-2-4-9(8)11(13-10)5-6-11/h1-4,10H,5-7H2. The average molecular weight is 239 g/mol. The minimum absolute atomic E-state index is 0.120. The van der Waals surface area contributed by atoms with Gasteiger partial charge in [-0.3, -0.25) is 0 Å². The molecular formula is C11H11BrO. The van der Waals surface area contributed by atoms with E-state index >= 15 is 0 Å². The molecule has 3 rings (SSSR count). The van der Waals surface area contributed by atoms with Gasteiger partial charge in [-0.05, 0) is 24.0 Å². The van der Waals surface area contributed by atoms with E-state index in [0.717, 1.165) is 5.33 Å². The SMILES string of the molecule is BrCC1OC2(CC2)c2ccccc21. The zero-order valence-corrected chi connectivity index (χ0v) is 8.88. The molecule has 1 aliphatic heterocycles. The minimum Gasteiger partial charge on any atom is -0.361 e. The van der Waals surface area contributed by atoms with Crippen molar-refractivity contribution < 1.29 is 4.74 Å². The van der Waals surface area contributed by atoms with Gasteiger partial charge in [-0.25, -0.2) is 0 Å². The van der Waals surface area contributed by atoms with E-state index in [-0.39, 0.29) is 11.7 Å². The van der Waals surface area contributed by atoms with E-state index < -0.39 is 0 Å². The Bertz CT molecular complexity index is 344. The highest BCUT2D eigenvalue weighted by Gasteiger charge is 2.53. The van der Waals surface area contributed by atoms with Crippen LogP contribution in [0.25, 0.3) is 0 Å². The van der Waals surface area contributed by atoms with Crippen LogP contribution in [0.15, 0.2) is 24.3 Å². The fourth-order valence-corrected chi connectivity index (χ4v) is 2.69. The maximum atomic E-state index is 6.03. The molecule has 0 N–H and O–H groups in total. The Morgan fingerprint density at radius 2 is 2.15 bits per heavy atom. The molecule has 0 bridgehead atoms. The number of ether oxygens (including phenoxy) is 1. The number of alkyl halides is 1. The third-order valence-electron chi connectivity index (χ3n) is 3.01. The number of benzene rings is 1. The second-order valence-corrected chi connectivity index (χ2v) is 4.49. The van der Waals surface area contributed by atoms with Gasteiger partial charge in [0.25, 0.3) is 0 Å². The lowest BCUT2D eigenvalue weighted by Gasteiger charge is -2.09. The van der Waals surface area contributed by atoms with Crippen LogP contribution in [0.2, 0.25) is 0 Å². The number of rotatable bonds is 1. The molecular weight excluding hydrogens is 228 g/mol. The fourth-order valence-electron chi connectivity index (χ4n) is 2.21. The molecule has 0 amide bonds. The second kappa shape index (κ2) is 2.58. The molecule has 0 saturated heterocycles. The zero-order valence-electron chi connectivity index (χ0n) is 7.29. The van der Waals surface area contributed by atoms with Gasteiger partial charge in [-0.2, -0.15) is 0 Å². The van der Waals surface area contributed by atoms with Gasteiger partial charge in [-0.1, -0.05) is 40.2 Å². The summed E-state index contributed by atoms with van der Waals surface area (Å²) in [4.78, 5) is 0. The molecule has 13 heavy (non-hydrogen) atoms. The van der Waals surface area contributed by atoms with E-state index in [4.69, 9.17) is 4.74 Å². The van der Waals surface area contributed by atoms with Gasteiger partial charge < -0.3 is 4.74 Å². The molecule has 1 heterocycles. The summed E-state index contributed by atoms with van der Waals surface area (Å²) in [5, 5.41) is 0.908. The molecule has 1 fully saturated rings. The molecule has 0 radical (unpaired) electrons. The van der Waals surface area contributed by atoms with Gasteiger partial charge in [0.15, 0.2) is 0 Å². The van der Waals surface area contributed by atoms with Gasteiger partial charge in [0.1, 0.15) is 0 Å². The van der Waals surface area contributed by atoms with Crippen molar-refractivity contribution in [3.05, 3.63) is 35.4 Å². The first-order valence-corrected chi connectivity index (χ1v) is 5.81. The number of hydrogen-bond donors (Lipinski definition) is 0. The first kappa shape index (κ1) is 8.01. The number of hydrogen-bond acceptors (Lipinski definition) is 1. The monoisotopic (exact) mass is 238 g/mol. The van der Waals surface area contributed by atoms with Gasteiger partial charge in [-0.15, -0.1) is 0 Å². The lowest BCUT2D eigenvalue weighted by Crippen LogP contribution is -2.04. The summed E-state index contributed by atoms with van der Waals surface area (Å²) in [6.07, 6.45) is 2.68. The van der Waals surface area contributed by atoms with Crippen molar-refractivity contribution >= 4 is 15.9 Å². The van der Waals surface area contributed by atoms with Crippen molar-refractivity contribution in [2.75, 3.05) is 5.33 Å². The summed E-state index contributed by atoms with van der Waals surface area (Å²) < 4.78 is 6.03. The number of halogens is 1. The summed E-state index contributed by atoms with van der Waals surface area (Å²) in [6, 6.07) is 8.61. The Balaban J connectivity index is 2.13. The van der Waals surface area contributed by atoms with Gasteiger partial charge in [0.05, 0.1) is 11.7 Å². The van der Waals surface area contributed by atoms with Crippen LogP contribution in [0, 0.1) is 0 Å². The Hall–Kier alpha value is -0.340. The first-order chi connectivity index (χ1) is 6.36. The maximum absolute atomic E-state index is 6.03. The molecule has 1 spiro atoms. The highest BCUT2D eigenvalue weighted by molar-refractivity contribution is 9.09. The van der Waals surface area contributed by atoms with Crippen LogP contribution in [0.4, 0.5) is 0 Å². The van der Waals surface area contributed by atoms with E-state index in [9.17, 15) is 0 Å². The van der Waals surface area contributed by atoms with Crippen LogP contribution in [-0.4, -0.2) is 5.33 Å². The van der Waals surface area contributed by atoms with Crippen LogP contribution in [0.3, 0.4) is 0 Å². The van der Waals surface area contributed by atoms with Gasteiger partial charge in [0, 0.05) is 5.33 Å². The third-order valence-corrected chi connectivity index (χ3v) is 3.60. The molecule has 0 aromatic heterocycles. The van der Waals surface area contributed by atoms with E-state index in [1.54, 1.807) is 0 Å². The Morgan fingerprint density at radius 1 is 1.38 bits per heavy atom. The van der Waals surface area contributed by atoms with E-state index in [0.29, 0.717) is 0 Å². The highest BCUT2D eigenvalue weighted by Crippen LogP contribution is 2.58. The molecule has 68 valence electrons. The summed E-state index contributed by atoms with van der Waals surface area (Å²) in [7, 11) is 0. The quantitative estimate of drug-likeness (QED) is 0.684. The van der Waals surface area contributed by atoms with Crippen molar-refractivity contribution in [3.63, 3.8) is 0 Å². The highest BCUT2D eigenvalue weighted by atomic mass is 79.9. The lowest BCUT2D eigenvalue weighted by molar-refractivity contribution is 0.00511. The van der Waals surface area contributed by atoms with Crippen molar-refractivity contribution in [1.29, 1.82) is 0 Å². The average Bonchev–Trinajstić information content (AvgIpc) is 2.87. The van der Waals surface area contributed by atoms with Crippen molar-refractivity contribution in [2.24, 2.45) is 0 Å². The van der Waals surface area contributed by atoms with Crippen LogP contribution in [0.5, 0.6) is 0 Å². The number of fused-ring (bicyclic) bond motifs is 2. The lowest BCUT2D eigenvalue weighted by atomic mass is 10.0. The van der Waals surface area contributed by atoms with Crippen molar-refractivity contribution in [2.45, 2.75) is 24.5 Å². The molecule has 1 atom stereocenters. The van der Waals surface area contributed by atoms with Gasteiger partial charge >= 0.3 is 0 Å². The van der Waals surface area contributed by atoms with E-state index in [1.807, 2.05) is 0 Å². The molecule has 1 aliphatic carbocycles. The fraction of sp³-hybridized carbons (Fsp3) is 0.455. The smallest absolute Gasteiger partial charge is 0.0946 e. The van der Waals surface area contributed by atoms with E-state index in [2.05, 4.69) is 40.2 Å². The molecule has 1 nitrogen and oxygen atoms in total. The normalized spacial score (nSPS) is 27.6. The topological polar surface area (TPSA) is 9.23 Å². The molecule has 1 unspecified atom stereocenters. The largest absolute Gasteiger partial charge is 0.361 e. The van der Waals surface area contributed by atoms with Crippen LogP contribution < -0.4 is 0 Å². The predicted octanol–water partition coefficient (Wildman–Crippen LogP) is 3.14. The first-order valence-electron chi connectivity index (χ1n) is 4.69. The Labute approximate surface area is 86.2 Å². The van der Waals surface area contributed by atoms with Crippen LogP contribution >= 0.6 is 15.9 Å². The van der Waals surface area contributed by atoms with E-state index in [1.165, 1.54) is 24.0 Å². The molecule has 2 heteroatoms. The minimum atomic E-state index is 0.120. The molecule has 1 aromatic carbocycles. The summed E-state index contributed by atoms with van der Waals surface area (Å²) >= 11 is 3.50.